The number of aliphatic hydroxyl groups excluding tert-OH is 1. The normalized spacial score (nSPS) is 16.2. The van der Waals surface area contributed by atoms with Crippen molar-refractivity contribution in [3.63, 3.8) is 0 Å². The second-order valence-electron chi connectivity index (χ2n) is 5.30. The molecule has 0 aromatic heterocycles. The Kier molecular flexibility index (Phi) is 6.84. The number of morpholine rings is 1. The van der Waals surface area contributed by atoms with E-state index in [2.05, 4.69) is 34.5 Å². The molecule has 4 nitrogen and oxygen atoms in total. The van der Waals surface area contributed by atoms with E-state index in [4.69, 9.17) is 9.84 Å². The van der Waals surface area contributed by atoms with Gasteiger partial charge in [0.05, 0.1) is 13.2 Å². The molecule has 1 aromatic rings. The van der Waals surface area contributed by atoms with E-state index >= 15 is 0 Å². The molecule has 20 heavy (non-hydrogen) atoms. The summed E-state index contributed by atoms with van der Waals surface area (Å²) in [4.78, 5) is 2.43. The van der Waals surface area contributed by atoms with E-state index in [1.807, 2.05) is 0 Å². The molecule has 1 aliphatic rings. The van der Waals surface area contributed by atoms with Gasteiger partial charge in [-0.2, -0.15) is 0 Å². The van der Waals surface area contributed by atoms with Crippen LogP contribution in [0.2, 0.25) is 0 Å². The second kappa shape index (κ2) is 8.95. The fourth-order valence-electron chi connectivity index (χ4n) is 2.39. The predicted octanol–water partition coefficient (Wildman–Crippen LogP) is 2.09. The molecule has 1 saturated heterocycles. The van der Waals surface area contributed by atoms with Crippen LogP contribution < -0.4 is 5.32 Å². The summed E-state index contributed by atoms with van der Waals surface area (Å²) in [6, 6.07) is 8.71. The first-order chi connectivity index (χ1) is 9.88. The van der Waals surface area contributed by atoms with Gasteiger partial charge in [-0.15, -0.1) is 0 Å². The summed E-state index contributed by atoms with van der Waals surface area (Å²) >= 11 is 0. The van der Waals surface area contributed by atoms with E-state index in [0.717, 1.165) is 58.7 Å². The van der Waals surface area contributed by atoms with Crippen LogP contribution in [0, 0.1) is 0 Å². The average Bonchev–Trinajstić information content (AvgIpc) is 2.50. The van der Waals surface area contributed by atoms with Crippen LogP contribution in [0.4, 0.5) is 5.69 Å². The summed E-state index contributed by atoms with van der Waals surface area (Å²) in [7, 11) is 0. The lowest BCUT2D eigenvalue weighted by molar-refractivity contribution is 0.0342. The maximum atomic E-state index is 8.72. The Morgan fingerprint density at radius 3 is 2.50 bits per heavy atom. The van der Waals surface area contributed by atoms with Gasteiger partial charge in [-0.25, -0.2) is 0 Å². The van der Waals surface area contributed by atoms with Crippen molar-refractivity contribution in [2.75, 3.05) is 44.8 Å². The molecule has 0 bridgehead atoms. The summed E-state index contributed by atoms with van der Waals surface area (Å²) in [5, 5.41) is 12.1. The first-order valence-electron chi connectivity index (χ1n) is 7.62. The fraction of sp³-hybridized carbons (Fsp3) is 0.625. The molecule has 0 spiro atoms. The Bertz CT molecular complexity index is 361. The minimum atomic E-state index is 0.302. The van der Waals surface area contributed by atoms with Crippen molar-refractivity contribution in [2.45, 2.75) is 25.8 Å². The smallest absolute Gasteiger partial charge is 0.0594 e. The van der Waals surface area contributed by atoms with Crippen molar-refractivity contribution in [3.8, 4) is 0 Å². The van der Waals surface area contributed by atoms with Crippen LogP contribution >= 0.6 is 0 Å². The van der Waals surface area contributed by atoms with Gasteiger partial charge in [0.1, 0.15) is 0 Å². The molecule has 1 aromatic carbocycles. The highest BCUT2D eigenvalue weighted by atomic mass is 16.5. The summed E-state index contributed by atoms with van der Waals surface area (Å²) in [5.74, 6) is 0. The van der Waals surface area contributed by atoms with E-state index in [9.17, 15) is 0 Å². The fourth-order valence-corrected chi connectivity index (χ4v) is 2.39. The summed E-state index contributed by atoms with van der Waals surface area (Å²) in [6.45, 7) is 6.07. The molecule has 1 heterocycles. The number of anilines is 1. The first-order valence-corrected chi connectivity index (χ1v) is 7.62. The number of nitrogens with one attached hydrogen (secondary N) is 1. The van der Waals surface area contributed by atoms with Crippen molar-refractivity contribution in [1.29, 1.82) is 0 Å². The Hall–Kier alpha value is -1.10. The summed E-state index contributed by atoms with van der Waals surface area (Å²) in [6.07, 6.45) is 3.09. The third kappa shape index (κ3) is 5.49. The highest BCUT2D eigenvalue weighted by Gasteiger charge is 2.10. The maximum absolute atomic E-state index is 8.72. The van der Waals surface area contributed by atoms with Gasteiger partial charge in [-0.05, 0) is 37.0 Å². The van der Waals surface area contributed by atoms with E-state index in [-0.39, 0.29) is 0 Å². The number of rotatable bonds is 8. The lowest BCUT2D eigenvalue weighted by atomic mass is 10.2. The number of hydrogen-bond acceptors (Lipinski definition) is 4. The molecular weight excluding hydrogens is 252 g/mol. The van der Waals surface area contributed by atoms with E-state index < -0.39 is 0 Å². The van der Waals surface area contributed by atoms with Gasteiger partial charge >= 0.3 is 0 Å². The monoisotopic (exact) mass is 278 g/mol. The highest BCUT2D eigenvalue weighted by Crippen LogP contribution is 2.12. The number of hydrogen-bond donors (Lipinski definition) is 2. The third-order valence-electron chi connectivity index (χ3n) is 3.63. The van der Waals surface area contributed by atoms with Gasteiger partial charge in [0.25, 0.3) is 0 Å². The lowest BCUT2D eigenvalue weighted by Crippen LogP contribution is -2.35. The van der Waals surface area contributed by atoms with Crippen molar-refractivity contribution >= 4 is 5.69 Å². The molecule has 2 N–H and O–H groups in total. The van der Waals surface area contributed by atoms with Crippen molar-refractivity contribution in [2.24, 2.45) is 0 Å². The topological polar surface area (TPSA) is 44.7 Å². The lowest BCUT2D eigenvalue weighted by Gasteiger charge is -2.26. The van der Waals surface area contributed by atoms with Gasteiger partial charge in [0.2, 0.25) is 0 Å². The summed E-state index contributed by atoms with van der Waals surface area (Å²) < 4.78 is 5.36. The average molecular weight is 278 g/mol. The van der Waals surface area contributed by atoms with Gasteiger partial charge in [-0.3, -0.25) is 4.90 Å². The molecule has 1 aliphatic heterocycles. The third-order valence-corrected chi connectivity index (χ3v) is 3.63. The number of unbranched alkanes of at least 4 members (excludes halogenated alkanes) is 2. The van der Waals surface area contributed by atoms with Gasteiger partial charge < -0.3 is 15.2 Å². The Morgan fingerprint density at radius 1 is 1.05 bits per heavy atom. The van der Waals surface area contributed by atoms with Crippen LogP contribution in [0.3, 0.4) is 0 Å². The zero-order valence-corrected chi connectivity index (χ0v) is 12.2. The molecule has 0 saturated carbocycles. The standard InChI is InChI=1S/C16H26N2O2/c19-11-3-1-2-8-17-16-6-4-15(5-7-16)14-18-9-12-20-13-10-18/h4-7,17,19H,1-3,8-14H2. The largest absolute Gasteiger partial charge is 0.396 e. The maximum Gasteiger partial charge on any atom is 0.0594 e. The van der Waals surface area contributed by atoms with Crippen LogP contribution in [0.5, 0.6) is 0 Å². The Morgan fingerprint density at radius 2 is 1.80 bits per heavy atom. The molecule has 0 aliphatic carbocycles. The predicted molar refractivity (Wildman–Crippen MR) is 82.0 cm³/mol. The van der Waals surface area contributed by atoms with E-state index in [1.54, 1.807) is 0 Å². The number of ether oxygens (including phenoxy) is 1. The second-order valence-corrected chi connectivity index (χ2v) is 5.30. The molecule has 1 fully saturated rings. The van der Waals surface area contributed by atoms with Gasteiger partial charge in [-0.1, -0.05) is 12.1 Å². The number of benzene rings is 1. The number of nitrogens with zero attached hydrogens (tertiary/aromatic N) is 1. The van der Waals surface area contributed by atoms with E-state index in [0.29, 0.717) is 6.61 Å². The van der Waals surface area contributed by atoms with Crippen molar-refractivity contribution in [3.05, 3.63) is 29.8 Å². The van der Waals surface area contributed by atoms with E-state index in [1.165, 1.54) is 11.3 Å². The first kappa shape index (κ1) is 15.3. The van der Waals surface area contributed by atoms with Crippen LogP contribution in [0.1, 0.15) is 24.8 Å². The summed E-state index contributed by atoms with van der Waals surface area (Å²) in [5.41, 5.74) is 2.54. The molecule has 0 radical (unpaired) electrons. The van der Waals surface area contributed by atoms with Crippen molar-refractivity contribution in [1.82, 2.24) is 4.90 Å². The van der Waals surface area contributed by atoms with Gasteiger partial charge in [0, 0.05) is 38.5 Å². The Labute approximate surface area is 121 Å². The van der Waals surface area contributed by atoms with Crippen LogP contribution in [0.25, 0.3) is 0 Å². The molecule has 0 atom stereocenters. The molecule has 0 unspecified atom stereocenters. The van der Waals surface area contributed by atoms with Crippen LogP contribution in [-0.2, 0) is 11.3 Å². The molecule has 0 amide bonds. The quantitative estimate of drug-likeness (QED) is 0.715. The zero-order chi connectivity index (χ0) is 14.0. The SMILES string of the molecule is OCCCCCNc1ccc(CN2CCOCC2)cc1. The highest BCUT2D eigenvalue weighted by molar-refractivity contribution is 5.44. The minimum Gasteiger partial charge on any atom is -0.396 e. The molecule has 4 heteroatoms. The van der Waals surface area contributed by atoms with Gasteiger partial charge in [0.15, 0.2) is 0 Å². The molecular formula is C16H26N2O2. The molecule has 112 valence electrons. The van der Waals surface area contributed by atoms with Crippen LogP contribution in [0.15, 0.2) is 24.3 Å². The minimum absolute atomic E-state index is 0.302. The molecule has 2 rings (SSSR count). The Balaban J connectivity index is 1.69. The number of aliphatic hydroxyl groups is 1. The zero-order valence-electron chi connectivity index (χ0n) is 12.2. The van der Waals surface area contributed by atoms with Crippen molar-refractivity contribution < 1.29 is 9.84 Å². The van der Waals surface area contributed by atoms with Crippen LogP contribution in [-0.4, -0.2) is 49.5 Å².